The van der Waals surface area contributed by atoms with Crippen LogP contribution in [0.3, 0.4) is 0 Å². The van der Waals surface area contributed by atoms with Gasteiger partial charge in [-0.15, -0.1) is 0 Å². The van der Waals surface area contributed by atoms with Crippen molar-refractivity contribution < 1.29 is 28.5 Å². The molecule has 2 heterocycles. The van der Waals surface area contributed by atoms with E-state index in [9.17, 15) is 4.79 Å². The second-order valence-corrected chi connectivity index (χ2v) is 9.24. The molecule has 2 atom stereocenters. The van der Waals surface area contributed by atoms with E-state index in [-0.39, 0.29) is 24.5 Å². The third-order valence-corrected chi connectivity index (χ3v) is 7.20. The highest BCUT2D eigenvalue weighted by atomic mass is 16.7. The van der Waals surface area contributed by atoms with E-state index in [1.807, 2.05) is 54.6 Å². The van der Waals surface area contributed by atoms with Gasteiger partial charge in [0.1, 0.15) is 0 Å². The molecule has 3 aromatic carbocycles. The first kappa shape index (κ1) is 23.1. The van der Waals surface area contributed by atoms with Crippen molar-refractivity contribution in [3.05, 3.63) is 77.0 Å². The summed E-state index contributed by atoms with van der Waals surface area (Å²) in [5.74, 6) is 3.09. The number of hydrogen-bond donors (Lipinski definition) is 2. The maximum Gasteiger partial charge on any atom is 0.231 e. The van der Waals surface area contributed by atoms with Crippen LogP contribution < -0.4 is 34.3 Å². The Morgan fingerprint density at radius 3 is 2.27 bits per heavy atom. The summed E-state index contributed by atoms with van der Waals surface area (Å²) in [4.78, 5) is 13.9. The second-order valence-electron chi connectivity index (χ2n) is 9.24. The van der Waals surface area contributed by atoms with Crippen LogP contribution in [0.2, 0.25) is 0 Å². The normalized spacial score (nSPS) is 19.7. The Bertz CT molecular complexity index is 1390. The van der Waals surface area contributed by atoms with Crippen LogP contribution in [0.25, 0.3) is 0 Å². The van der Waals surface area contributed by atoms with E-state index in [2.05, 4.69) is 10.6 Å². The van der Waals surface area contributed by atoms with Crippen LogP contribution in [0.15, 0.2) is 65.9 Å². The number of ether oxygens (including phenoxy) is 5. The molecule has 0 amide bonds. The lowest BCUT2D eigenvalue weighted by Crippen LogP contribution is -2.27. The zero-order valence-corrected chi connectivity index (χ0v) is 20.9. The van der Waals surface area contributed by atoms with Gasteiger partial charge in [0.2, 0.25) is 12.5 Å². The maximum atomic E-state index is 13.9. The monoisotopic (exact) mass is 500 g/mol. The van der Waals surface area contributed by atoms with Gasteiger partial charge in [0, 0.05) is 17.7 Å². The zero-order valence-electron chi connectivity index (χ0n) is 20.9. The molecule has 8 heteroatoms. The Labute approximate surface area is 215 Å². The molecule has 2 N–H and O–H groups in total. The Balaban J connectivity index is 1.44. The zero-order chi connectivity index (χ0) is 25.5. The summed E-state index contributed by atoms with van der Waals surface area (Å²) < 4.78 is 27.8. The molecule has 190 valence electrons. The van der Waals surface area contributed by atoms with Gasteiger partial charge in [0.25, 0.3) is 0 Å². The lowest BCUT2D eigenvalue weighted by Gasteiger charge is -2.30. The summed E-state index contributed by atoms with van der Waals surface area (Å²) in [6, 6.07) is 17.4. The molecule has 0 unspecified atom stereocenters. The van der Waals surface area contributed by atoms with Gasteiger partial charge in [0.15, 0.2) is 28.8 Å². The van der Waals surface area contributed by atoms with Crippen molar-refractivity contribution in [1.82, 2.24) is 0 Å². The molecular weight excluding hydrogens is 472 g/mol. The van der Waals surface area contributed by atoms with Gasteiger partial charge >= 0.3 is 0 Å². The van der Waals surface area contributed by atoms with Crippen LogP contribution in [0.1, 0.15) is 35.9 Å². The Morgan fingerprint density at radius 2 is 1.54 bits per heavy atom. The van der Waals surface area contributed by atoms with E-state index >= 15 is 0 Å². The van der Waals surface area contributed by atoms with Crippen molar-refractivity contribution in [2.45, 2.75) is 24.8 Å². The lowest BCUT2D eigenvalue weighted by molar-refractivity contribution is -0.116. The van der Waals surface area contributed by atoms with E-state index in [1.165, 1.54) is 0 Å². The van der Waals surface area contributed by atoms with Crippen LogP contribution in [-0.4, -0.2) is 33.9 Å². The summed E-state index contributed by atoms with van der Waals surface area (Å²) in [6.45, 7) is 0.199. The molecule has 0 aromatic heterocycles. The number of Topliss-reactive ketones (excluding diaryl/α,β-unsaturated/α-hetero) is 1. The van der Waals surface area contributed by atoms with Crippen LogP contribution >= 0.6 is 0 Å². The Kier molecular flexibility index (Phi) is 5.79. The van der Waals surface area contributed by atoms with E-state index in [0.717, 1.165) is 33.8 Å². The first-order chi connectivity index (χ1) is 18.1. The molecule has 0 spiro atoms. The number of rotatable bonds is 5. The molecule has 0 radical (unpaired) electrons. The van der Waals surface area contributed by atoms with Crippen molar-refractivity contribution in [3.8, 4) is 28.7 Å². The minimum Gasteiger partial charge on any atom is -0.493 e. The third kappa shape index (κ3) is 3.98. The topological polar surface area (TPSA) is 87.3 Å². The Morgan fingerprint density at radius 1 is 0.811 bits per heavy atom. The van der Waals surface area contributed by atoms with Gasteiger partial charge in [-0.25, -0.2) is 0 Å². The van der Waals surface area contributed by atoms with Crippen molar-refractivity contribution in [2.24, 2.45) is 0 Å². The number of nitrogens with one attached hydrogen (secondary N) is 2. The number of benzene rings is 3. The van der Waals surface area contributed by atoms with Crippen LogP contribution in [-0.2, 0) is 4.79 Å². The molecule has 2 aliphatic heterocycles. The summed E-state index contributed by atoms with van der Waals surface area (Å²) in [7, 11) is 4.77. The molecule has 0 bridgehead atoms. The SMILES string of the molecule is COc1cc([C@H]2CC(=O)C3=C(C2)Nc2ccccc2N[C@H]3c2ccc3c(c2)OCO3)cc(OC)c1OC. The minimum atomic E-state index is -0.339. The Hall–Kier alpha value is -4.33. The number of ketones is 1. The molecular formula is C29H28N2O6. The van der Waals surface area contributed by atoms with Gasteiger partial charge in [-0.3, -0.25) is 4.79 Å². The van der Waals surface area contributed by atoms with Gasteiger partial charge in [0.05, 0.1) is 38.7 Å². The van der Waals surface area contributed by atoms with Gasteiger partial charge in [-0.05, 0) is 59.9 Å². The molecule has 8 nitrogen and oxygen atoms in total. The third-order valence-electron chi connectivity index (χ3n) is 7.20. The summed E-state index contributed by atoms with van der Waals surface area (Å²) >= 11 is 0. The van der Waals surface area contributed by atoms with Gasteiger partial charge in [-0.1, -0.05) is 18.2 Å². The van der Waals surface area contributed by atoms with Crippen molar-refractivity contribution in [2.75, 3.05) is 38.8 Å². The quantitative estimate of drug-likeness (QED) is 0.480. The molecule has 37 heavy (non-hydrogen) atoms. The fraction of sp³-hybridized carbons (Fsp3) is 0.276. The predicted octanol–water partition coefficient (Wildman–Crippen LogP) is 5.42. The molecule has 0 fully saturated rings. The summed E-state index contributed by atoms with van der Waals surface area (Å²) in [5.41, 5.74) is 5.39. The van der Waals surface area contributed by atoms with Crippen LogP contribution in [0, 0.1) is 0 Å². The van der Waals surface area contributed by atoms with E-state index in [4.69, 9.17) is 23.7 Å². The smallest absolute Gasteiger partial charge is 0.231 e. The van der Waals surface area contributed by atoms with Gasteiger partial charge < -0.3 is 34.3 Å². The van der Waals surface area contributed by atoms with Crippen molar-refractivity contribution >= 4 is 17.2 Å². The number of anilines is 2. The van der Waals surface area contributed by atoms with E-state index in [0.29, 0.717) is 41.6 Å². The number of carbonyl (C=O) groups is 1. The van der Waals surface area contributed by atoms with Crippen molar-refractivity contribution in [3.63, 3.8) is 0 Å². The molecule has 6 rings (SSSR count). The average Bonchev–Trinajstić information content (AvgIpc) is 3.32. The van der Waals surface area contributed by atoms with Crippen LogP contribution in [0.5, 0.6) is 28.7 Å². The summed E-state index contributed by atoms with van der Waals surface area (Å²) in [6.07, 6.45) is 1.01. The lowest BCUT2D eigenvalue weighted by atomic mass is 9.78. The first-order valence-corrected chi connectivity index (χ1v) is 12.2. The highest BCUT2D eigenvalue weighted by Gasteiger charge is 2.37. The largest absolute Gasteiger partial charge is 0.493 e. The number of allylic oxidation sites excluding steroid dienone is 1. The minimum absolute atomic E-state index is 0.0601. The standard InChI is InChI=1S/C29H28N2O6/c1-33-25-13-18(14-26(34-2)29(25)35-3)17-10-21-27(22(32)11-17)28(31-20-7-5-4-6-19(20)30-21)16-8-9-23-24(12-16)37-15-36-23/h4-9,12-14,17,28,30-31H,10-11,15H2,1-3H3/t17-,28+/m1/s1. The molecule has 0 saturated carbocycles. The molecule has 3 aromatic rings. The summed E-state index contributed by atoms with van der Waals surface area (Å²) in [5, 5.41) is 7.19. The maximum absolute atomic E-state index is 13.9. The molecule has 3 aliphatic rings. The predicted molar refractivity (Wildman–Crippen MR) is 139 cm³/mol. The first-order valence-electron chi connectivity index (χ1n) is 12.2. The number of para-hydroxylation sites is 2. The number of carbonyl (C=O) groups excluding carboxylic acids is 1. The molecule has 1 aliphatic carbocycles. The fourth-order valence-corrected chi connectivity index (χ4v) is 5.41. The fourth-order valence-electron chi connectivity index (χ4n) is 5.41. The van der Waals surface area contributed by atoms with E-state index < -0.39 is 0 Å². The average molecular weight is 501 g/mol. The van der Waals surface area contributed by atoms with E-state index in [1.54, 1.807) is 21.3 Å². The van der Waals surface area contributed by atoms with Gasteiger partial charge in [-0.2, -0.15) is 0 Å². The van der Waals surface area contributed by atoms with Crippen LogP contribution in [0.4, 0.5) is 11.4 Å². The highest BCUT2D eigenvalue weighted by molar-refractivity contribution is 6.01. The second kappa shape index (κ2) is 9.28. The number of fused-ring (bicyclic) bond motifs is 2. The highest BCUT2D eigenvalue weighted by Crippen LogP contribution is 2.48. The number of methoxy groups -OCH3 is 3. The van der Waals surface area contributed by atoms with Crippen molar-refractivity contribution in [1.29, 1.82) is 0 Å². The number of hydrogen-bond acceptors (Lipinski definition) is 8. The molecule has 0 saturated heterocycles.